The number of fused-ring (bicyclic) bond motifs is 1. The van der Waals surface area contributed by atoms with E-state index in [4.69, 9.17) is 4.74 Å². The third-order valence-corrected chi connectivity index (χ3v) is 6.24. The number of halogens is 6. The highest BCUT2D eigenvalue weighted by atomic mass is 19.4. The minimum atomic E-state index is -5.01. The first-order valence-electron chi connectivity index (χ1n) is 12.7. The van der Waals surface area contributed by atoms with Crippen molar-refractivity contribution in [1.29, 1.82) is 0 Å². The van der Waals surface area contributed by atoms with E-state index in [0.717, 1.165) is 15.7 Å². The van der Waals surface area contributed by atoms with E-state index in [0.29, 0.717) is 36.3 Å². The van der Waals surface area contributed by atoms with Gasteiger partial charge in [0.1, 0.15) is 0 Å². The standard InChI is InChI=1S/C29H27F6N5O2/c1-39(2)12-11-36-26-37-16-24(23-10-6-8-19-7-4-5-9-22(19)23)25(38-26)42-27(41)40(3)17-18-13-20(28(30,31)32)15-21(14-18)29(33,34)35/h4-10,13-16H,11-12,17H2,1-3H3,(H,36,37,38). The fourth-order valence-electron chi connectivity index (χ4n) is 4.18. The molecular weight excluding hydrogens is 564 g/mol. The highest BCUT2D eigenvalue weighted by Gasteiger charge is 2.37. The van der Waals surface area contributed by atoms with E-state index < -0.39 is 36.1 Å². The van der Waals surface area contributed by atoms with Gasteiger partial charge in [0.2, 0.25) is 11.8 Å². The van der Waals surface area contributed by atoms with Gasteiger partial charge in [-0.3, -0.25) is 0 Å². The van der Waals surface area contributed by atoms with Crippen LogP contribution in [0, 0.1) is 0 Å². The molecule has 4 aromatic rings. The Hall–Kier alpha value is -4.39. The lowest BCUT2D eigenvalue weighted by molar-refractivity contribution is -0.143. The van der Waals surface area contributed by atoms with Crippen LogP contribution in [0.1, 0.15) is 16.7 Å². The molecule has 42 heavy (non-hydrogen) atoms. The first kappa shape index (κ1) is 30.6. The average Bonchev–Trinajstić information content (AvgIpc) is 2.91. The number of aromatic nitrogens is 2. The van der Waals surface area contributed by atoms with Gasteiger partial charge in [-0.1, -0.05) is 42.5 Å². The fourth-order valence-corrected chi connectivity index (χ4v) is 4.18. The second-order valence-corrected chi connectivity index (χ2v) is 9.81. The summed E-state index contributed by atoms with van der Waals surface area (Å²) in [7, 11) is 4.97. The Morgan fingerprint density at radius 1 is 0.881 bits per heavy atom. The number of carbonyl (C=O) groups excluding carboxylic acids is 1. The molecule has 0 radical (unpaired) electrons. The topological polar surface area (TPSA) is 70.6 Å². The number of carbonyl (C=O) groups is 1. The van der Waals surface area contributed by atoms with Crippen molar-refractivity contribution >= 4 is 22.8 Å². The zero-order valence-corrected chi connectivity index (χ0v) is 22.8. The summed E-state index contributed by atoms with van der Waals surface area (Å²) in [5.41, 5.74) is -2.30. The molecule has 0 aliphatic rings. The van der Waals surface area contributed by atoms with Crippen LogP contribution in [0.5, 0.6) is 5.88 Å². The number of benzene rings is 3. The molecule has 0 fully saturated rings. The second kappa shape index (κ2) is 12.2. The first-order chi connectivity index (χ1) is 19.7. The van der Waals surface area contributed by atoms with E-state index in [-0.39, 0.29) is 23.5 Å². The quantitative estimate of drug-likeness (QED) is 0.224. The molecule has 0 saturated carbocycles. The normalized spacial score (nSPS) is 12.0. The fraction of sp³-hybridized carbons (Fsp3) is 0.276. The van der Waals surface area contributed by atoms with Crippen LogP contribution in [0.3, 0.4) is 0 Å². The van der Waals surface area contributed by atoms with Crippen molar-refractivity contribution in [3.05, 3.63) is 83.6 Å². The zero-order valence-electron chi connectivity index (χ0n) is 22.8. The molecule has 13 heteroatoms. The molecule has 0 saturated heterocycles. The number of alkyl halides is 6. The van der Waals surface area contributed by atoms with Crippen molar-refractivity contribution in [1.82, 2.24) is 19.8 Å². The SMILES string of the molecule is CN(C)CCNc1ncc(-c2cccc3ccccc23)c(OC(=O)N(C)Cc2cc(C(F)(F)F)cc(C(F)(F)F)c2)n1. The number of ether oxygens (including phenoxy) is 1. The molecule has 0 aliphatic heterocycles. The summed E-state index contributed by atoms with van der Waals surface area (Å²) in [6.07, 6.45) is -9.59. The highest BCUT2D eigenvalue weighted by molar-refractivity contribution is 5.97. The molecule has 1 aromatic heterocycles. The van der Waals surface area contributed by atoms with Crippen molar-refractivity contribution in [2.24, 2.45) is 0 Å². The predicted octanol–water partition coefficient (Wildman–Crippen LogP) is 6.94. The Labute approximate surface area is 237 Å². The third kappa shape index (κ3) is 7.46. The molecule has 0 bridgehead atoms. The Morgan fingerprint density at radius 3 is 2.17 bits per heavy atom. The molecule has 4 rings (SSSR count). The van der Waals surface area contributed by atoms with Crippen LogP contribution in [0.4, 0.5) is 37.1 Å². The molecular formula is C29H27F6N5O2. The van der Waals surface area contributed by atoms with Crippen molar-refractivity contribution < 1.29 is 35.9 Å². The van der Waals surface area contributed by atoms with Gasteiger partial charge >= 0.3 is 18.4 Å². The molecule has 7 nitrogen and oxygen atoms in total. The zero-order chi connectivity index (χ0) is 30.7. The summed E-state index contributed by atoms with van der Waals surface area (Å²) >= 11 is 0. The van der Waals surface area contributed by atoms with Gasteiger partial charge in [0.05, 0.1) is 16.7 Å². The van der Waals surface area contributed by atoms with E-state index in [1.165, 1.54) is 13.2 Å². The number of nitrogens with one attached hydrogen (secondary N) is 1. The van der Waals surface area contributed by atoms with Crippen LogP contribution >= 0.6 is 0 Å². The molecule has 222 valence electrons. The van der Waals surface area contributed by atoms with Crippen molar-refractivity contribution in [2.45, 2.75) is 18.9 Å². The molecule has 1 N–H and O–H groups in total. The molecule has 0 unspecified atom stereocenters. The van der Waals surface area contributed by atoms with Crippen LogP contribution in [-0.4, -0.2) is 60.1 Å². The minimum absolute atomic E-state index is 0.0317. The Balaban J connectivity index is 1.66. The molecule has 3 aromatic carbocycles. The van der Waals surface area contributed by atoms with Gasteiger partial charge in [-0.05, 0) is 54.2 Å². The summed E-state index contributed by atoms with van der Waals surface area (Å²) in [4.78, 5) is 24.6. The predicted molar refractivity (Wildman–Crippen MR) is 146 cm³/mol. The maximum Gasteiger partial charge on any atom is 0.416 e. The second-order valence-electron chi connectivity index (χ2n) is 9.81. The Kier molecular flexibility index (Phi) is 8.90. The lowest BCUT2D eigenvalue weighted by Crippen LogP contribution is -2.30. The van der Waals surface area contributed by atoms with Gasteiger partial charge in [-0.2, -0.15) is 31.3 Å². The van der Waals surface area contributed by atoms with Crippen LogP contribution < -0.4 is 10.1 Å². The van der Waals surface area contributed by atoms with Crippen LogP contribution in [-0.2, 0) is 18.9 Å². The number of nitrogens with zero attached hydrogens (tertiary/aromatic N) is 4. The average molecular weight is 592 g/mol. The number of hydrogen-bond donors (Lipinski definition) is 1. The number of amides is 1. The maximum atomic E-state index is 13.3. The summed E-state index contributed by atoms with van der Waals surface area (Å²) in [6.45, 7) is 0.544. The van der Waals surface area contributed by atoms with E-state index >= 15 is 0 Å². The lowest BCUT2D eigenvalue weighted by atomic mass is 10.00. The molecule has 0 atom stereocenters. The maximum absolute atomic E-state index is 13.3. The van der Waals surface area contributed by atoms with Crippen molar-refractivity contribution in [3.8, 4) is 17.0 Å². The Bertz CT molecular complexity index is 1540. The van der Waals surface area contributed by atoms with Crippen LogP contribution in [0.25, 0.3) is 21.9 Å². The van der Waals surface area contributed by atoms with Gasteiger partial charge in [0.25, 0.3) is 0 Å². The van der Waals surface area contributed by atoms with E-state index in [2.05, 4.69) is 15.3 Å². The van der Waals surface area contributed by atoms with E-state index in [9.17, 15) is 31.1 Å². The molecule has 1 amide bonds. The van der Waals surface area contributed by atoms with Crippen molar-refractivity contribution in [3.63, 3.8) is 0 Å². The largest absolute Gasteiger partial charge is 0.416 e. The lowest BCUT2D eigenvalue weighted by Gasteiger charge is -2.20. The number of hydrogen-bond acceptors (Lipinski definition) is 6. The number of anilines is 1. The van der Waals surface area contributed by atoms with E-state index in [1.54, 1.807) is 6.07 Å². The smallest absolute Gasteiger partial charge is 0.390 e. The van der Waals surface area contributed by atoms with Gasteiger partial charge in [-0.25, -0.2) is 9.78 Å². The summed E-state index contributed by atoms with van der Waals surface area (Å²) in [5.74, 6) is 0.0320. The molecule has 1 heterocycles. The number of rotatable bonds is 8. The van der Waals surface area contributed by atoms with Crippen LogP contribution in [0.15, 0.2) is 66.9 Å². The molecule has 0 spiro atoms. The minimum Gasteiger partial charge on any atom is -0.390 e. The van der Waals surface area contributed by atoms with E-state index in [1.807, 2.05) is 55.4 Å². The monoisotopic (exact) mass is 591 g/mol. The third-order valence-electron chi connectivity index (χ3n) is 6.24. The van der Waals surface area contributed by atoms with Crippen LogP contribution in [0.2, 0.25) is 0 Å². The van der Waals surface area contributed by atoms with Crippen molar-refractivity contribution in [2.75, 3.05) is 39.5 Å². The Morgan fingerprint density at radius 2 is 1.52 bits per heavy atom. The first-order valence-corrected chi connectivity index (χ1v) is 12.7. The summed E-state index contributed by atoms with van der Waals surface area (Å²) < 4.78 is 85.5. The summed E-state index contributed by atoms with van der Waals surface area (Å²) in [5, 5.41) is 4.76. The van der Waals surface area contributed by atoms with Gasteiger partial charge < -0.3 is 19.9 Å². The molecule has 0 aliphatic carbocycles. The number of likely N-dealkylation sites (N-methyl/N-ethyl adjacent to an activating group) is 1. The van der Waals surface area contributed by atoms with Gasteiger partial charge in [0, 0.05) is 32.9 Å². The van der Waals surface area contributed by atoms with Gasteiger partial charge in [-0.15, -0.1) is 0 Å². The van der Waals surface area contributed by atoms with Gasteiger partial charge in [0.15, 0.2) is 0 Å². The summed E-state index contributed by atoms with van der Waals surface area (Å²) in [6, 6.07) is 14.2. The highest BCUT2D eigenvalue weighted by Crippen LogP contribution is 2.37.